The maximum Gasteiger partial charge on any atom is 0.261 e. The first-order valence-corrected chi connectivity index (χ1v) is 10.1. The SMILES string of the molecule is CS(=O)(=O)O.Cc1cc(NC2CCCC2)c2c(ccc3cn[nH]c32)n1. The van der Waals surface area contributed by atoms with Gasteiger partial charge in [0.25, 0.3) is 10.1 Å². The summed E-state index contributed by atoms with van der Waals surface area (Å²) in [6, 6.07) is 6.91. The van der Waals surface area contributed by atoms with E-state index in [1.54, 1.807) is 0 Å². The van der Waals surface area contributed by atoms with Crippen molar-refractivity contribution < 1.29 is 13.0 Å². The van der Waals surface area contributed by atoms with Crippen LogP contribution in [0.2, 0.25) is 0 Å². The molecule has 2 aromatic heterocycles. The third kappa shape index (κ3) is 4.46. The molecule has 0 bridgehead atoms. The fourth-order valence-electron chi connectivity index (χ4n) is 3.28. The van der Waals surface area contributed by atoms with Crippen LogP contribution in [0.15, 0.2) is 24.4 Å². The molecular formula is C17H22N4O3S. The van der Waals surface area contributed by atoms with Crippen molar-refractivity contribution in [1.82, 2.24) is 15.2 Å². The predicted molar refractivity (Wildman–Crippen MR) is 99.5 cm³/mol. The first kappa shape index (κ1) is 17.6. The molecule has 4 rings (SSSR count). The first-order valence-electron chi connectivity index (χ1n) is 8.24. The largest absolute Gasteiger partial charge is 0.382 e. The molecule has 8 heteroatoms. The minimum absolute atomic E-state index is 0.596. The second-order valence-corrected chi connectivity index (χ2v) is 7.93. The third-order valence-corrected chi connectivity index (χ3v) is 4.23. The summed E-state index contributed by atoms with van der Waals surface area (Å²) in [4.78, 5) is 4.65. The van der Waals surface area contributed by atoms with Crippen LogP contribution >= 0.6 is 0 Å². The monoisotopic (exact) mass is 362 g/mol. The van der Waals surface area contributed by atoms with E-state index in [-0.39, 0.29) is 0 Å². The molecule has 0 amide bonds. The third-order valence-electron chi connectivity index (χ3n) is 4.23. The van der Waals surface area contributed by atoms with Gasteiger partial charge < -0.3 is 5.32 Å². The van der Waals surface area contributed by atoms with Gasteiger partial charge in [0.2, 0.25) is 0 Å². The summed E-state index contributed by atoms with van der Waals surface area (Å²) < 4.78 is 25.9. The molecule has 1 fully saturated rings. The number of hydrogen-bond acceptors (Lipinski definition) is 5. The van der Waals surface area contributed by atoms with Crippen molar-refractivity contribution in [3.8, 4) is 0 Å². The number of aryl methyl sites for hydroxylation is 1. The molecule has 0 radical (unpaired) electrons. The molecule has 134 valence electrons. The van der Waals surface area contributed by atoms with Crippen molar-refractivity contribution in [3.05, 3.63) is 30.1 Å². The lowest BCUT2D eigenvalue weighted by Crippen LogP contribution is -2.15. The number of aromatic amines is 1. The Kier molecular flexibility index (Phi) is 4.91. The van der Waals surface area contributed by atoms with E-state index in [2.05, 4.69) is 45.6 Å². The average Bonchev–Trinajstić information content (AvgIpc) is 3.15. The van der Waals surface area contributed by atoms with Gasteiger partial charge in [-0.2, -0.15) is 13.5 Å². The van der Waals surface area contributed by atoms with Crippen molar-refractivity contribution in [3.63, 3.8) is 0 Å². The molecule has 3 aromatic rings. The van der Waals surface area contributed by atoms with E-state index in [4.69, 9.17) is 4.55 Å². The van der Waals surface area contributed by atoms with Gasteiger partial charge in [0.05, 0.1) is 23.5 Å². The Morgan fingerprint density at radius 3 is 2.64 bits per heavy atom. The van der Waals surface area contributed by atoms with Crippen LogP contribution in [0.1, 0.15) is 31.4 Å². The molecule has 7 nitrogen and oxygen atoms in total. The van der Waals surface area contributed by atoms with E-state index in [1.165, 1.54) is 31.4 Å². The van der Waals surface area contributed by atoms with Crippen LogP contribution in [0, 0.1) is 6.92 Å². The molecule has 1 aliphatic rings. The fraction of sp³-hybridized carbons (Fsp3) is 0.412. The van der Waals surface area contributed by atoms with Crippen molar-refractivity contribution in [1.29, 1.82) is 0 Å². The Morgan fingerprint density at radius 1 is 1.28 bits per heavy atom. The second kappa shape index (κ2) is 6.97. The Bertz CT molecular complexity index is 984. The van der Waals surface area contributed by atoms with Crippen LogP contribution in [0.5, 0.6) is 0 Å². The van der Waals surface area contributed by atoms with Gasteiger partial charge in [0.15, 0.2) is 0 Å². The van der Waals surface area contributed by atoms with Crippen LogP contribution < -0.4 is 5.32 Å². The van der Waals surface area contributed by atoms with Gasteiger partial charge in [0, 0.05) is 28.2 Å². The predicted octanol–water partition coefficient (Wildman–Crippen LogP) is 3.28. The van der Waals surface area contributed by atoms with Crippen LogP contribution in [0.25, 0.3) is 21.8 Å². The highest BCUT2D eigenvalue weighted by Crippen LogP contribution is 2.32. The van der Waals surface area contributed by atoms with Crippen LogP contribution in [0.4, 0.5) is 5.69 Å². The minimum atomic E-state index is -3.67. The summed E-state index contributed by atoms with van der Waals surface area (Å²) in [6.07, 6.45) is 7.78. The summed E-state index contributed by atoms with van der Waals surface area (Å²) >= 11 is 0. The van der Waals surface area contributed by atoms with Gasteiger partial charge in [-0.25, -0.2) is 0 Å². The molecule has 0 unspecified atom stereocenters. The number of hydrogen-bond donors (Lipinski definition) is 3. The highest BCUT2D eigenvalue weighted by Gasteiger charge is 2.17. The first-order chi connectivity index (χ1) is 11.8. The number of H-pyrrole nitrogens is 1. The summed E-state index contributed by atoms with van der Waals surface area (Å²) in [6.45, 7) is 2.05. The standard InChI is InChI=1S/C16H18N4.CH4O3S/c1-10-8-14(19-12-4-2-3-5-12)15-13(18-10)7-6-11-9-17-20-16(11)15;1-5(2,3)4/h6-9,12H,2-5H2,1H3,(H,17,20)(H,18,19);1H3,(H,2,3,4). The smallest absolute Gasteiger partial charge is 0.261 e. The number of fused-ring (bicyclic) bond motifs is 3. The van der Waals surface area contributed by atoms with Crippen molar-refractivity contribution >= 4 is 37.6 Å². The molecule has 0 spiro atoms. The number of nitrogens with zero attached hydrogens (tertiary/aromatic N) is 2. The Labute approximate surface area is 146 Å². The quantitative estimate of drug-likeness (QED) is 0.604. The highest BCUT2D eigenvalue weighted by molar-refractivity contribution is 7.85. The molecule has 1 aromatic carbocycles. The summed E-state index contributed by atoms with van der Waals surface area (Å²) in [5, 5.41) is 13.3. The van der Waals surface area contributed by atoms with Crippen molar-refractivity contribution in [2.24, 2.45) is 0 Å². The van der Waals surface area contributed by atoms with E-state index in [1.807, 2.05) is 6.20 Å². The fourth-order valence-corrected chi connectivity index (χ4v) is 3.28. The van der Waals surface area contributed by atoms with Gasteiger partial charge in [-0.3, -0.25) is 14.6 Å². The van der Waals surface area contributed by atoms with Gasteiger partial charge in [-0.15, -0.1) is 0 Å². The number of aromatic nitrogens is 3. The van der Waals surface area contributed by atoms with Gasteiger partial charge in [-0.1, -0.05) is 12.8 Å². The van der Waals surface area contributed by atoms with Crippen LogP contribution in [0.3, 0.4) is 0 Å². The van der Waals surface area contributed by atoms with E-state index in [0.29, 0.717) is 12.3 Å². The molecule has 1 saturated carbocycles. The lowest BCUT2D eigenvalue weighted by Gasteiger charge is -2.16. The minimum Gasteiger partial charge on any atom is -0.382 e. The summed E-state index contributed by atoms with van der Waals surface area (Å²) in [5.74, 6) is 0. The van der Waals surface area contributed by atoms with Crippen molar-refractivity contribution in [2.45, 2.75) is 38.6 Å². The van der Waals surface area contributed by atoms with Crippen LogP contribution in [-0.4, -0.2) is 40.4 Å². The molecule has 0 atom stereocenters. The van der Waals surface area contributed by atoms with E-state index in [9.17, 15) is 8.42 Å². The number of benzene rings is 1. The van der Waals surface area contributed by atoms with E-state index in [0.717, 1.165) is 27.5 Å². The average molecular weight is 362 g/mol. The molecule has 0 aliphatic heterocycles. The summed E-state index contributed by atoms with van der Waals surface area (Å²) in [5.41, 5.74) is 4.35. The highest BCUT2D eigenvalue weighted by atomic mass is 32.2. The van der Waals surface area contributed by atoms with Crippen molar-refractivity contribution in [2.75, 3.05) is 11.6 Å². The van der Waals surface area contributed by atoms with Gasteiger partial charge in [0.1, 0.15) is 0 Å². The zero-order valence-electron chi connectivity index (χ0n) is 14.3. The molecule has 25 heavy (non-hydrogen) atoms. The van der Waals surface area contributed by atoms with E-state index >= 15 is 0 Å². The zero-order chi connectivity index (χ0) is 18.0. The van der Waals surface area contributed by atoms with Gasteiger partial charge >= 0.3 is 0 Å². The van der Waals surface area contributed by atoms with Gasteiger partial charge in [-0.05, 0) is 38.0 Å². The molecule has 1 aliphatic carbocycles. The Morgan fingerprint density at radius 2 is 1.96 bits per heavy atom. The normalized spacial score (nSPS) is 15.3. The van der Waals surface area contributed by atoms with Crippen LogP contribution in [-0.2, 0) is 10.1 Å². The number of rotatable bonds is 2. The number of nitrogens with one attached hydrogen (secondary N) is 2. The molecule has 3 N–H and O–H groups in total. The Balaban J connectivity index is 0.000000324. The topological polar surface area (TPSA) is 108 Å². The number of pyridine rings is 1. The Hall–Kier alpha value is -2.19. The molecule has 0 saturated heterocycles. The second-order valence-electron chi connectivity index (χ2n) is 6.46. The number of anilines is 1. The zero-order valence-corrected chi connectivity index (χ0v) is 15.1. The molecular weight excluding hydrogens is 340 g/mol. The lowest BCUT2D eigenvalue weighted by atomic mass is 10.1. The molecule has 2 heterocycles. The summed E-state index contributed by atoms with van der Waals surface area (Å²) in [7, 11) is -3.67. The maximum atomic E-state index is 9.19. The van der Waals surface area contributed by atoms with E-state index < -0.39 is 10.1 Å². The maximum absolute atomic E-state index is 9.19. The lowest BCUT2D eigenvalue weighted by molar-refractivity contribution is 0.490.